The Labute approximate surface area is 91.6 Å². The number of aromatic carboxylic acids is 1. The molecule has 0 amide bonds. The molecule has 0 radical (unpaired) electrons. The van der Waals surface area contributed by atoms with Crippen LogP contribution in [-0.2, 0) is 0 Å². The summed E-state index contributed by atoms with van der Waals surface area (Å²) in [5.74, 6) is -0.520. The van der Waals surface area contributed by atoms with Gasteiger partial charge < -0.3 is 14.2 Å². The molecule has 0 spiro atoms. The molecular weight excluding hydrogens is 208 g/mol. The summed E-state index contributed by atoms with van der Waals surface area (Å²) in [6.07, 6.45) is 4.78. The van der Waals surface area contributed by atoms with Gasteiger partial charge in [0.05, 0.1) is 0 Å². The second-order valence-corrected chi connectivity index (χ2v) is 3.13. The Morgan fingerprint density at radius 3 is 3.19 bits per heavy atom. The van der Waals surface area contributed by atoms with E-state index in [0.29, 0.717) is 18.0 Å². The number of carboxylic acid groups (broad SMARTS) is 1. The standard InChI is InChI=1S/C11H10N2O3/c1-2-6-16-9-4-3-5-13-7-8(11(14)15)12-10(9)13/h2-5,7H,1,6H2,(H,14,15). The van der Waals surface area contributed by atoms with Crippen molar-refractivity contribution in [2.45, 2.75) is 0 Å². The Kier molecular flexibility index (Phi) is 2.59. The Balaban J connectivity index is 2.49. The number of imidazole rings is 1. The van der Waals surface area contributed by atoms with Crippen molar-refractivity contribution in [1.82, 2.24) is 9.38 Å². The second kappa shape index (κ2) is 4.06. The number of fused-ring (bicyclic) bond motifs is 1. The van der Waals surface area contributed by atoms with Crippen LogP contribution in [0.15, 0.2) is 37.2 Å². The molecule has 0 saturated heterocycles. The van der Waals surface area contributed by atoms with Gasteiger partial charge in [-0.05, 0) is 12.1 Å². The van der Waals surface area contributed by atoms with E-state index in [9.17, 15) is 4.79 Å². The summed E-state index contributed by atoms with van der Waals surface area (Å²) in [5, 5.41) is 8.82. The highest BCUT2D eigenvalue weighted by molar-refractivity contribution is 5.86. The average molecular weight is 218 g/mol. The van der Waals surface area contributed by atoms with Crippen LogP contribution < -0.4 is 4.74 Å². The van der Waals surface area contributed by atoms with E-state index in [1.807, 2.05) is 0 Å². The highest BCUT2D eigenvalue weighted by Crippen LogP contribution is 2.18. The predicted octanol–water partition coefficient (Wildman–Crippen LogP) is 1.60. The van der Waals surface area contributed by atoms with E-state index in [1.165, 1.54) is 6.20 Å². The fourth-order valence-electron chi connectivity index (χ4n) is 1.35. The van der Waals surface area contributed by atoms with Crippen molar-refractivity contribution in [2.75, 3.05) is 6.61 Å². The summed E-state index contributed by atoms with van der Waals surface area (Å²) < 4.78 is 6.98. The molecule has 0 saturated carbocycles. The lowest BCUT2D eigenvalue weighted by molar-refractivity contribution is 0.0691. The van der Waals surface area contributed by atoms with Crippen LogP contribution in [0.2, 0.25) is 0 Å². The van der Waals surface area contributed by atoms with Crippen LogP contribution in [0.5, 0.6) is 5.75 Å². The van der Waals surface area contributed by atoms with Crippen LogP contribution in [0.3, 0.4) is 0 Å². The Bertz CT molecular complexity index is 545. The first-order chi connectivity index (χ1) is 7.72. The topological polar surface area (TPSA) is 63.8 Å². The summed E-state index contributed by atoms with van der Waals surface area (Å²) in [5.41, 5.74) is 0.483. The Morgan fingerprint density at radius 1 is 1.69 bits per heavy atom. The van der Waals surface area contributed by atoms with Gasteiger partial charge in [-0.2, -0.15) is 0 Å². The molecule has 0 aromatic carbocycles. The van der Waals surface area contributed by atoms with E-state index in [0.717, 1.165) is 0 Å². The van der Waals surface area contributed by atoms with Crippen molar-refractivity contribution in [3.05, 3.63) is 42.9 Å². The molecule has 82 valence electrons. The molecule has 0 bridgehead atoms. The molecule has 5 nitrogen and oxygen atoms in total. The van der Waals surface area contributed by atoms with Crippen molar-refractivity contribution >= 4 is 11.6 Å². The predicted molar refractivity (Wildman–Crippen MR) is 57.8 cm³/mol. The first kappa shape index (κ1) is 10.2. The van der Waals surface area contributed by atoms with Crippen LogP contribution in [0.4, 0.5) is 0 Å². The molecule has 2 rings (SSSR count). The molecule has 0 atom stereocenters. The van der Waals surface area contributed by atoms with E-state index in [2.05, 4.69) is 11.6 Å². The number of carbonyl (C=O) groups is 1. The van der Waals surface area contributed by atoms with Crippen LogP contribution in [0.25, 0.3) is 5.65 Å². The number of ether oxygens (including phenoxy) is 1. The van der Waals surface area contributed by atoms with Crippen LogP contribution in [-0.4, -0.2) is 27.1 Å². The number of aromatic nitrogens is 2. The van der Waals surface area contributed by atoms with Gasteiger partial charge in [0.25, 0.3) is 0 Å². The first-order valence-electron chi connectivity index (χ1n) is 4.67. The smallest absolute Gasteiger partial charge is 0.356 e. The summed E-state index contributed by atoms with van der Waals surface area (Å²) in [7, 11) is 0. The van der Waals surface area contributed by atoms with Crippen LogP contribution >= 0.6 is 0 Å². The summed E-state index contributed by atoms with van der Waals surface area (Å²) in [6, 6.07) is 3.50. The number of carboxylic acids is 1. The lowest BCUT2D eigenvalue weighted by Gasteiger charge is -2.03. The third-order valence-corrected chi connectivity index (χ3v) is 2.02. The largest absolute Gasteiger partial charge is 0.486 e. The highest BCUT2D eigenvalue weighted by atomic mass is 16.5. The average Bonchev–Trinajstić information content (AvgIpc) is 2.70. The Morgan fingerprint density at radius 2 is 2.50 bits per heavy atom. The molecule has 0 unspecified atom stereocenters. The second-order valence-electron chi connectivity index (χ2n) is 3.13. The zero-order chi connectivity index (χ0) is 11.5. The lowest BCUT2D eigenvalue weighted by atomic mass is 10.4. The van der Waals surface area contributed by atoms with Gasteiger partial charge in [-0.3, -0.25) is 0 Å². The monoisotopic (exact) mass is 218 g/mol. The molecule has 16 heavy (non-hydrogen) atoms. The molecule has 5 heteroatoms. The van der Waals surface area contributed by atoms with E-state index in [-0.39, 0.29) is 5.69 Å². The SMILES string of the molecule is C=CCOc1cccn2cc(C(=O)O)nc12. The van der Waals surface area contributed by atoms with Gasteiger partial charge in [-0.15, -0.1) is 0 Å². The molecule has 2 heterocycles. The lowest BCUT2D eigenvalue weighted by Crippen LogP contribution is -1.96. The maximum atomic E-state index is 10.8. The van der Waals surface area contributed by atoms with E-state index >= 15 is 0 Å². The normalized spacial score (nSPS) is 10.2. The van der Waals surface area contributed by atoms with Gasteiger partial charge in [0.15, 0.2) is 17.1 Å². The van der Waals surface area contributed by atoms with Crippen molar-refractivity contribution in [3.63, 3.8) is 0 Å². The molecule has 2 aromatic heterocycles. The summed E-state index contributed by atoms with van der Waals surface area (Å²) >= 11 is 0. The quantitative estimate of drug-likeness (QED) is 0.791. The minimum Gasteiger partial charge on any atom is -0.486 e. The minimum atomic E-state index is -1.06. The number of pyridine rings is 1. The van der Waals surface area contributed by atoms with Crippen LogP contribution in [0, 0.1) is 0 Å². The molecule has 0 aliphatic carbocycles. The van der Waals surface area contributed by atoms with Crippen molar-refractivity contribution in [1.29, 1.82) is 0 Å². The summed E-state index contributed by atoms with van der Waals surface area (Å²) in [6.45, 7) is 3.90. The maximum Gasteiger partial charge on any atom is 0.356 e. The van der Waals surface area contributed by atoms with E-state index < -0.39 is 5.97 Å². The Hall–Kier alpha value is -2.30. The zero-order valence-electron chi connectivity index (χ0n) is 8.46. The molecule has 2 aromatic rings. The molecule has 0 aliphatic heterocycles. The third kappa shape index (κ3) is 1.75. The first-order valence-corrected chi connectivity index (χ1v) is 4.67. The van der Waals surface area contributed by atoms with Crippen LogP contribution in [0.1, 0.15) is 10.5 Å². The number of hydrogen-bond acceptors (Lipinski definition) is 3. The minimum absolute atomic E-state index is 0.00495. The molecule has 0 fully saturated rings. The summed E-state index contributed by atoms with van der Waals surface area (Å²) in [4.78, 5) is 14.7. The van der Waals surface area contributed by atoms with E-state index in [1.54, 1.807) is 28.8 Å². The number of nitrogens with zero attached hydrogens (tertiary/aromatic N) is 2. The van der Waals surface area contributed by atoms with Gasteiger partial charge in [0.1, 0.15) is 6.61 Å². The van der Waals surface area contributed by atoms with Crippen molar-refractivity contribution < 1.29 is 14.6 Å². The van der Waals surface area contributed by atoms with Crippen molar-refractivity contribution in [2.24, 2.45) is 0 Å². The molecule has 0 aliphatic rings. The number of rotatable bonds is 4. The fraction of sp³-hybridized carbons (Fsp3) is 0.0909. The van der Waals surface area contributed by atoms with Gasteiger partial charge in [0.2, 0.25) is 0 Å². The highest BCUT2D eigenvalue weighted by Gasteiger charge is 2.11. The molecule has 1 N–H and O–H groups in total. The molecular formula is C11H10N2O3. The van der Waals surface area contributed by atoms with Gasteiger partial charge in [-0.25, -0.2) is 9.78 Å². The van der Waals surface area contributed by atoms with Gasteiger partial charge in [0, 0.05) is 12.4 Å². The fourth-order valence-corrected chi connectivity index (χ4v) is 1.35. The van der Waals surface area contributed by atoms with Crippen molar-refractivity contribution in [3.8, 4) is 5.75 Å². The maximum absolute atomic E-state index is 10.8. The number of hydrogen-bond donors (Lipinski definition) is 1. The zero-order valence-corrected chi connectivity index (χ0v) is 8.46. The van der Waals surface area contributed by atoms with Gasteiger partial charge in [-0.1, -0.05) is 12.7 Å². The van der Waals surface area contributed by atoms with E-state index in [4.69, 9.17) is 9.84 Å². The van der Waals surface area contributed by atoms with Gasteiger partial charge >= 0.3 is 5.97 Å². The third-order valence-electron chi connectivity index (χ3n) is 2.02.